The molecule has 0 aromatic carbocycles. The minimum Gasteiger partial charge on any atom is -0.293 e. The van der Waals surface area contributed by atoms with Gasteiger partial charge in [-0.05, 0) is 6.42 Å². The van der Waals surface area contributed by atoms with Crippen LogP contribution < -0.4 is 0 Å². The molecule has 2 nitrogen and oxygen atoms in total. The van der Waals surface area contributed by atoms with Crippen LogP contribution in [0.1, 0.15) is 6.42 Å². The van der Waals surface area contributed by atoms with Crippen molar-refractivity contribution in [3.8, 4) is 0 Å². The summed E-state index contributed by atoms with van der Waals surface area (Å²) in [7, 11) is -4.27. The molecule has 0 radical (unpaired) electrons. The van der Waals surface area contributed by atoms with Crippen LogP contribution in [0.15, 0.2) is 12.7 Å². The van der Waals surface area contributed by atoms with Gasteiger partial charge in [-0.15, -0.1) is 10.8 Å². The Kier molecular flexibility index (Phi) is 4.11. The van der Waals surface area contributed by atoms with Crippen LogP contribution >= 0.6 is 18.3 Å². The molecule has 5 heteroatoms. The van der Waals surface area contributed by atoms with Gasteiger partial charge < -0.3 is 0 Å². The third kappa shape index (κ3) is 8.15. The van der Waals surface area contributed by atoms with Crippen molar-refractivity contribution in [1.29, 1.82) is 0 Å². The van der Waals surface area contributed by atoms with Gasteiger partial charge in [-0.25, -0.2) is 4.57 Å². The fraction of sp³-hybridized carbons (Fsp3) is 0.500. The quantitative estimate of drug-likeness (QED) is 0.370. The van der Waals surface area contributed by atoms with Gasteiger partial charge in [-0.1, -0.05) is 6.08 Å². The Morgan fingerprint density at radius 2 is 2.44 bits per heavy atom. The minimum absolute atomic E-state index is 0.0147. The zero-order chi connectivity index (χ0) is 7.33. The molecule has 0 aromatic rings. The number of halogens is 2. The van der Waals surface area contributed by atoms with Crippen molar-refractivity contribution in [2.24, 2.45) is 0 Å². The van der Waals surface area contributed by atoms with E-state index in [0.29, 0.717) is 6.42 Å². The molecule has 1 atom stereocenters. The van der Waals surface area contributed by atoms with E-state index in [4.69, 9.17) is 0 Å². The molecule has 0 amide bonds. The van der Waals surface area contributed by atoms with Crippen molar-refractivity contribution < 1.29 is 13.3 Å². The highest BCUT2D eigenvalue weighted by molar-refractivity contribution is 7.81. The average molecular weight is 173 g/mol. The van der Waals surface area contributed by atoms with E-state index in [1.807, 2.05) is 0 Å². The van der Waals surface area contributed by atoms with Crippen molar-refractivity contribution in [2.45, 2.75) is 6.42 Å². The molecule has 0 N–H and O–H groups in total. The fourth-order valence-corrected chi connectivity index (χ4v) is 0.767. The van der Waals surface area contributed by atoms with Crippen LogP contribution in [0.3, 0.4) is 0 Å². The molecule has 0 aliphatic heterocycles. The fourth-order valence-electron chi connectivity index (χ4n) is 0.242. The van der Waals surface area contributed by atoms with Gasteiger partial charge in [0.1, 0.15) is 0 Å². The van der Waals surface area contributed by atoms with Crippen LogP contribution in [-0.2, 0) is 9.09 Å². The molecule has 0 heterocycles. The highest BCUT2D eigenvalue weighted by atomic mass is 35.7. The summed E-state index contributed by atoms with van der Waals surface area (Å²) in [5.74, 6) is 0. The maximum absolute atomic E-state index is 11.8. The predicted octanol–water partition coefficient (Wildman–Crippen LogP) is 2.90. The van der Waals surface area contributed by atoms with Crippen LogP contribution in [0, 0.1) is 0 Å². The van der Waals surface area contributed by atoms with Crippen LogP contribution in [-0.4, -0.2) is 6.61 Å². The summed E-state index contributed by atoms with van der Waals surface area (Å²) < 4.78 is 25.8. The van der Waals surface area contributed by atoms with Gasteiger partial charge >= 0.3 is 7.03 Å². The van der Waals surface area contributed by atoms with Crippen molar-refractivity contribution in [3.63, 3.8) is 0 Å². The monoisotopic (exact) mass is 172 g/mol. The van der Waals surface area contributed by atoms with Crippen LogP contribution in [0.2, 0.25) is 0 Å². The standard InChI is InChI=1S/C4H7ClFO2P/c1-2-3-4-8-9(5,6)7/h2H,1,3-4H2. The second kappa shape index (κ2) is 4.04. The largest absolute Gasteiger partial charge is 0.461 e. The molecule has 0 aromatic heterocycles. The summed E-state index contributed by atoms with van der Waals surface area (Å²) in [6.07, 6.45) is 1.97. The van der Waals surface area contributed by atoms with Crippen molar-refractivity contribution >= 4 is 18.3 Å². The number of hydrogen-bond acceptors (Lipinski definition) is 2. The lowest BCUT2D eigenvalue weighted by molar-refractivity contribution is 0.306. The molecular weight excluding hydrogens is 165 g/mol. The smallest absolute Gasteiger partial charge is 0.293 e. The molecule has 0 rings (SSSR count). The molecule has 0 saturated heterocycles. The molecular formula is C4H7ClFO2P. The topological polar surface area (TPSA) is 26.3 Å². The maximum atomic E-state index is 11.8. The summed E-state index contributed by atoms with van der Waals surface area (Å²) in [4.78, 5) is 0. The lowest BCUT2D eigenvalue weighted by Crippen LogP contribution is -1.82. The van der Waals surface area contributed by atoms with Gasteiger partial charge in [0, 0.05) is 11.2 Å². The molecule has 1 unspecified atom stereocenters. The highest BCUT2D eigenvalue weighted by Crippen LogP contribution is 2.53. The van der Waals surface area contributed by atoms with Crippen molar-refractivity contribution in [3.05, 3.63) is 12.7 Å². The summed E-state index contributed by atoms with van der Waals surface area (Å²) >= 11 is 4.60. The van der Waals surface area contributed by atoms with E-state index in [-0.39, 0.29) is 6.61 Å². The Hall–Kier alpha value is 0.150. The second-order valence-electron chi connectivity index (χ2n) is 1.33. The van der Waals surface area contributed by atoms with E-state index in [1.54, 1.807) is 0 Å². The normalized spacial score (nSPS) is 16.7. The summed E-state index contributed by atoms with van der Waals surface area (Å²) in [5, 5.41) is 0. The van der Waals surface area contributed by atoms with Gasteiger partial charge in [0.25, 0.3) is 0 Å². The Morgan fingerprint density at radius 1 is 1.89 bits per heavy atom. The van der Waals surface area contributed by atoms with Crippen molar-refractivity contribution in [1.82, 2.24) is 0 Å². The van der Waals surface area contributed by atoms with E-state index < -0.39 is 7.03 Å². The van der Waals surface area contributed by atoms with Crippen LogP contribution in [0.4, 0.5) is 4.20 Å². The van der Waals surface area contributed by atoms with Gasteiger partial charge in [0.15, 0.2) is 0 Å². The Labute approximate surface area is 58.0 Å². The number of rotatable bonds is 4. The van der Waals surface area contributed by atoms with Crippen LogP contribution in [0.25, 0.3) is 0 Å². The molecule has 9 heavy (non-hydrogen) atoms. The summed E-state index contributed by atoms with van der Waals surface area (Å²) in [5.41, 5.74) is 0. The summed E-state index contributed by atoms with van der Waals surface area (Å²) in [6, 6.07) is 0. The SMILES string of the molecule is C=CCCOP(=O)(F)Cl. The van der Waals surface area contributed by atoms with E-state index in [2.05, 4.69) is 22.3 Å². The van der Waals surface area contributed by atoms with Gasteiger partial charge in [-0.3, -0.25) is 4.52 Å². The first-order chi connectivity index (χ1) is 4.06. The van der Waals surface area contributed by atoms with E-state index in [1.165, 1.54) is 6.08 Å². The van der Waals surface area contributed by atoms with E-state index >= 15 is 0 Å². The predicted molar refractivity (Wildman–Crippen MR) is 35.3 cm³/mol. The van der Waals surface area contributed by atoms with Gasteiger partial charge in [-0.2, -0.15) is 0 Å². The minimum atomic E-state index is -4.27. The van der Waals surface area contributed by atoms with Crippen molar-refractivity contribution in [2.75, 3.05) is 6.61 Å². The first-order valence-electron chi connectivity index (χ1n) is 2.31. The number of hydrogen-bond donors (Lipinski definition) is 0. The highest BCUT2D eigenvalue weighted by Gasteiger charge is 2.15. The molecule has 54 valence electrons. The Morgan fingerprint density at radius 3 is 2.78 bits per heavy atom. The van der Waals surface area contributed by atoms with E-state index in [9.17, 15) is 8.76 Å². The molecule has 0 saturated carbocycles. The molecule has 0 fully saturated rings. The molecule has 0 spiro atoms. The Bertz CT molecular complexity index is 133. The Balaban J connectivity index is 3.28. The first-order valence-corrected chi connectivity index (χ1v) is 4.73. The first kappa shape index (κ1) is 9.15. The van der Waals surface area contributed by atoms with Crippen LogP contribution in [0.5, 0.6) is 0 Å². The van der Waals surface area contributed by atoms with Gasteiger partial charge in [0.2, 0.25) is 0 Å². The molecule has 0 bridgehead atoms. The third-order valence-corrected chi connectivity index (χ3v) is 1.34. The molecule has 0 aliphatic rings. The zero-order valence-electron chi connectivity index (χ0n) is 4.72. The maximum Gasteiger partial charge on any atom is 0.461 e. The lowest BCUT2D eigenvalue weighted by Gasteiger charge is -1.97. The van der Waals surface area contributed by atoms with Gasteiger partial charge in [0.05, 0.1) is 6.61 Å². The average Bonchev–Trinajstić information content (AvgIpc) is 1.63. The second-order valence-corrected chi connectivity index (χ2v) is 3.62. The zero-order valence-corrected chi connectivity index (χ0v) is 6.37. The molecule has 0 aliphatic carbocycles. The lowest BCUT2D eigenvalue weighted by atomic mass is 10.5. The van der Waals surface area contributed by atoms with E-state index in [0.717, 1.165) is 0 Å². The summed E-state index contributed by atoms with van der Waals surface area (Å²) in [6.45, 7) is 3.36. The third-order valence-electron chi connectivity index (χ3n) is 0.564.